The number of hydrogen-bond donors (Lipinski definition) is 3. The molecule has 1 saturated heterocycles. The second kappa shape index (κ2) is 9.14. The number of nitrogens with one attached hydrogen (secondary N) is 2. The molecule has 1 atom stereocenters. The van der Waals surface area contributed by atoms with Gasteiger partial charge in [0.05, 0.1) is 0 Å². The Kier molecular flexibility index (Phi) is 6.90. The summed E-state index contributed by atoms with van der Waals surface area (Å²) in [7, 11) is 0. The number of halogens is 1. The maximum absolute atomic E-state index is 13.1. The van der Waals surface area contributed by atoms with Gasteiger partial charge < -0.3 is 21.3 Å². The van der Waals surface area contributed by atoms with E-state index in [2.05, 4.69) is 10.6 Å². The van der Waals surface area contributed by atoms with Crippen LogP contribution in [0.1, 0.15) is 23.7 Å². The van der Waals surface area contributed by atoms with Gasteiger partial charge in [0.2, 0.25) is 0 Å². The van der Waals surface area contributed by atoms with Crippen molar-refractivity contribution in [1.82, 2.24) is 20.4 Å². The van der Waals surface area contributed by atoms with Gasteiger partial charge in [-0.15, -0.1) is 0 Å². The summed E-state index contributed by atoms with van der Waals surface area (Å²) in [6, 6.07) is 4.66. The third-order valence-corrected chi connectivity index (χ3v) is 4.01. The van der Waals surface area contributed by atoms with E-state index in [0.717, 1.165) is 0 Å². The molecule has 1 heterocycles. The molecular weight excluding hydrogens is 341 g/mol. The van der Waals surface area contributed by atoms with Crippen LogP contribution in [0.2, 0.25) is 0 Å². The lowest BCUT2D eigenvalue weighted by atomic mass is 10.1. The van der Waals surface area contributed by atoms with Crippen LogP contribution >= 0.6 is 0 Å². The minimum absolute atomic E-state index is 0.233. The molecule has 1 aromatic carbocycles. The van der Waals surface area contributed by atoms with Gasteiger partial charge in [-0.05, 0) is 37.6 Å². The van der Waals surface area contributed by atoms with E-state index in [0.29, 0.717) is 26.1 Å². The number of urea groups is 1. The van der Waals surface area contributed by atoms with Crippen LogP contribution in [0.3, 0.4) is 0 Å². The Morgan fingerprint density at radius 3 is 2.42 bits per heavy atom. The number of carbonyl (C=O) groups excluding carboxylic acids is 3. The van der Waals surface area contributed by atoms with E-state index in [4.69, 9.17) is 5.73 Å². The number of nitrogens with two attached hydrogens (primary N) is 1. The van der Waals surface area contributed by atoms with E-state index in [1.54, 1.807) is 6.92 Å². The van der Waals surface area contributed by atoms with E-state index < -0.39 is 29.8 Å². The van der Waals surface area contributed by atoms with Gasteiger partial charge >= 0.3 is 6.03 Å². The number of benzene rings is 1. The smallest absolute Gasteiger partial charge is 0.319 e. The van der Waals surface area contributed by atoms with Gasteiger partial charge in [0.15, 0.2) is 6.17 Å². The molecule has 26 heavy (non-hydrogen) atoms. The molecule has 1 aliphatic heterocycles. The Bertz CT molecular complexity index is 652. The number of rotatable bonds is 5. The molecule has 0 aromatic heterocycles. The van der Waals surface area contributed by atoms with Gasteiger partial charge in [-0.3, -0.25) is 14.5 Å². The number of nitrogens with zero attached hydrogens (tertiary/aromatic N) is 2. The van der Waals surface area contributed by atoms with Crippen molar-refractivity contribution < 1.29 is 18.8 Å². The minimum atomic E-state index is -1.08. The van der Waals surface area contributed by atoms with Crippen LogP contribution in [0.4, 0.5) is 9.18 Å². The van der Waals surface area contributed by atoms with Crippen LogP contribution < -0.4 is 16.4 Å². The van der Waals surface area contributed by atoms with Crippen molar-refractivity contribution in [3.05, 3.63) is 35.6 Å². The van der Waals surface area contributed by atoms with Crippen molar-refractivity contribution in [2.45, 2.75) is 19.5 Å². The fraction of sp³-hybridized carbons (Fsp3) is 0.471. The summed E-state index contributed by atoms with van der Waals surface area (Å²) in [5.41, 5.74) is 5.68. The Labute approximate surface area is 151 Å². The fourth-order valence-corrected chi connectivity index (χ4v) is 2.83. The summed E-state index contributed by atoms with van der Waals surface area (Å²) in [6.45, 7) is 3.31. The predicted octanol–water partition coefficient (Wildman–Crippen LogP) is 0.104. The monoisotopic (exact) mass is 365 g/mol. The Balaban J connectivity index is 2.30. The lowest BCUT2D eigenvalue weighted by molar-refractivity contribution is -0.132. The van der Waals surface area contributed by atoms with Gasteiger partial charge in [0.25, 0.3) is 11.8 Å². The largest absolute Gasteiger partial charge is 0.351 e. The van der Waals surface area contributed by atoms with Crippen molar-refractivity contribution in [2.75, 3.05) is 32.7 Å². The van der Waals surface area contributed by atoms with Gasteiger partial charge in [-0.1, -0.05) is 0 Å². The summed E-state index contributed by atoms with van der Waals surface area (Å²) < 4.78 is 13.1. The van der Waals surface area contributed by atoms with Crippen molar-refractivity contribution in [2.24, 2.45) is 5.73 Å². The highest BCUT2D eigenvalue weighted by Gasteiger charge is 2.40. The summed E-state index contributed by atoms with van der Waals surface area (Å²) in [6.07, 6.45) is -0.551. The van der Waals surface area contributed by atoms with Crippen LogP contribution in [0.15, 0.2) is 24.3 Å². The quantitative estimate of drug-likeness (QED) is 0.688. The second-order valence-corrected chi connectivity index (χ2v) is 5.84. The molecule has 4 N–H and O–H groups in total. The molecular formula is C17H24FN5O3. The Morgan fingerprint density at radius 2 is 1.81 bits per heavy atom. The first kappa shape index (κ1) is 19.6. The molecule has 4 amide bonds. The van der Waals surface area contributed by atoms with E-state index in [1.165, 1.54) is 34.1 Å². The van der Waals surface area contributed by atoms with E-state index in [-0.39, 0.29) is 18.7 Å². The van der Waals surface area contributed by atoms with Crippen LogP contribution in [0.25, 0.3) is 0 Å². The van der Waals surface area contributed by atoms with Crippen molar-refractivity contribution in [3.63, 3.8) is 0 Å². The zero-order chi connectivity index (χ0) is 19.1. The summed E-state index contributed by atoms with van der Waals surface area (Å²) >= 11 is 0. The molecule has 9 heteroatoms. The van der Waals surface area contributed by atoms with Crippen LogP contribution in [0.5, 0.6) is 0 Å². The number of hydrogen-bond acceptors (Lipinski definition) is 4. The molecule has 8 nitrogen and oxygen atoms in total. The lowest BCUT2D eigenvalue weighted by Crippen LogP contribution is -2.65. The maximum atomic E-state index is 13.1. The average molecular weight is 365 g/mol. The molecule has 0 bridgehead atoms. The predicted molar refractivity (Wildman–Crippen MR) is 93.7 cm³/mol. The van der Waals surface area contributed by atoms with Crippen molar-refractivity contribution in [3.8, 4) is 0 Å². The molecule has 0 aliphatic carbocycles. The third kappa shape index (κ3) is 4.48. The SMILES string of the molecule is CCNC(=O)N1CCCN(C(=O)c2ccc(F)cc2)C1C(=O)NCCN. The van der Waals surface area contributed by atoms with E-state index in [9.17, 15) is 18.8 Å². The first-order valence-corrected chi connectivity index (χ1v) is 8.58. The Hall–Kier alpha value is -2.68. The summed E-state index contributed by atoms with van der Waals surface area (Å²) in [5.74, 6) is -1.37. The van der Waals surface area contributed by atoms with Gasteiger partial charge in [-0.25, -0.2) is 9.18 Å². The third-order valence-electron chi connectivity index (χ3n) is 4.01. The standard InChI is InChI=1S/C17H24FN5O3/c1-2-20-17(26)23-11-3-10-22(15(23)14(24)21-9-8-19)16(25)12-4-6-13(18)7-5-12/h4-7,15H,2-3,8-11,19H2,1H3,(H,20,26)(H,21,24). The van der Waals surface area contributed by atoms with E-state index in [1.807, 2.05) is 0 Å². The molecule has 0 spiro atoms. The number of amides is 4. The lowest BCUT2D eigenvalue weighted by Gasteiger charge is -2.42. The molecule has 1 unspecified atom stereocenters. The van der Waals surface area contributed by atoms with Gasteiger partial charge in [0, 0.05) is 38.3 Å². The zero-order valence-corrected chi connectivity index (χ0v) is 14.7. The zero-order valence-electron chi connectivity index (χ0n) is 14.7. The molecule has 0 saturated carbocycles. The summed E-state index contributed by atoms with van der Waals surface area (Å²) in [5, 5.41) is 5.29. The van der Waals surface area contributed by atoms with Crippen LogP contribution in [0, 0.1) is 5.82 Å². The number of carbonyl (C=O) groups is 3. The van der Waals surface area contributed by atoms with E-state index >= 15 is 0 Å². The first-order valence-electron chi connectivity index (χ1n) is 8.58. The first-order chi connectivity index (χ1) is 12.5. The highest BCUT2D eigenvalue weighted by molar-refractivity contribution is 5.98. The second-order valence-electron chi connectivity index (χ2n) is 5.84. The molecule has 1 fully saturated rings. The normalized spacial score (nSPS) is 17.0. The van der Waals surface area contributed by atoms with Crippen molar-refractivity contribution in [1.29, 1.82) is 0 Å². The van der Waals surface area contributed by atoms with Gasteiger partial charge in [-0.2, -0.15) is 0 Å². The molecule has 1 aromatic rings. The molecule has 142 valence electrons. The Morgan fingerprint density at radius 1 is 1.15 bits per heavy atom. The molecule has 1 aliphatic rings. The fourth-order valence-electron chi connectivity index (χ4n) is 2.83. The summed E-state index contributed by atoms with van der Waals surface area (Å²) in [4.78, 5) is 40.5. The average Bonchev–Trinajstić information content (AvgIpc) is 2.65. The van der Waals surface area contributed by atoms with Crippen LogP contribution in [-0.4, -0.2) is 66.5 Å². The van der Waals surface area contributed by atoms with Gasteiger partial charge in [0.1, 0.15) is 5.82 Å². The maximum Gasteiger partial charge on any atom is 0.319 e. The van der Waals surface area contributed by atoms with Crippen LogP contribution in [-0.2, 0) is 4.79 Å². The molecule has 2 rings (SSSR count). The highest BCUT2D eigenvalue weighted by Crippen LogP contribution is 2.19. The topological polar surface area (TPSA) is 108 Å². The highest BCUT2D eigenvalue weighted by atomic mass is 19.1. The molecule has 0 radical (unpaired) electrons. The minimum Gasteiger partial charge on any atom is -0.351 e. The van der Waals surface area contributed by atoms with Crippen molar-refractivity contribution >= 4 is 17.8 Å².